The van der Waals surface area contributed by atoms with E-state index in [1.54, 1.807) is 0 Å². The van der Waals surface area contributed by atoms with E-state index in [1.165, 1.54) is 4.80 Å². The molecule has 2 heterocycles. The van der Waals surface area contributed by atoms with Crippen LogP contribution < -0.4 is 10.1 Å². The molecule has 0 bridgehead atoms. The standard InChI is InChI=1S/C34H29N5O3/c1-24-30(36-34(42-24)26-11-5-2-6-12-26)21-22-41-29-19-17-25(18-20-29)23-31-32(33(40)35-27-13-7-3-8-14-27)38-39(37-31)28-15-9-4-10-16-28/h2-20H,21-23H2,1H3,(H,35,40). The molecule has 2 aromatic heterocycles. The Kier molecular flexibility index (Phi) is 7.85. The minimum absolute atomic E-state index is 0.279. The molecule has 208 valence electrons. The minimum Gasteiger partial charge on any atom is -0.493 e. The van der Waals surface area contributed by atoms with E-state index in [0.717, 1.165) is 34.0 Å². The molecule has 8 heteroatoms. The van der Waals surface area contributed by atoms with Gasteiger partial charge in [-0.25, -0.2) is 4.98 Å². The lowest BCUT2D eigenvalue weighted by Gasteiger charge is -2.07. The topological polar surface area (TPSA) is 95.1 Å². The van der Waals surface area contributed by atoms with Crippen molar-refractivity contribution in [1.82, 2.24) is 20.0 Å². The zero-order chi connectivity index (χ0) is 28.7. The van der Waals surface area contributed by atoms with Crippen molar-refractivity contribution in [2.45, 2.75) is 19.8 Å². The highest BCUT2D eigenvalue weighted by atomic mass is 16.5. The van der Waals surface area contributed by atoms with Gasteiger partial charge in [0.15, 0.2) is 5.69 Å². The quantitative estimate of drug-likeness (QED) is 0.202. The second-order valence-corrected chi connectivity index (χ2v) is 9.75. The molecular formula is C34H29N5O3. The second kappa shape index (κ2) is 12.3. The summed E-state index contributed by atoms with van der Waals surface area (Å²) in [7, 11) is 0. The molecule has 0 unspecified atom stereocenters. The van der Waals surface area contributed by atoms with Crippen LogP contribution >= 0.6 is 0 Å². The molecule has 0 spiro atoms. The highest BCUT2D eigenvalue weighted by Crippen LogP contribution is 2.23. The van der Waals surface area contributed by atoms with E-state index in [9.17, 15) is 4.79 Å². The van der Waals surface area contributed by atoms with Crippen LogP contribution in [0, 0.1) is 6.92 Å². The van der Waals surface area contributed by atoms with Gasteiger partial charge in [-0.05, 0) is 61.0 Å². The Bertz CT molecular complexity index is 1760. The first kappa shape index (κ1) is 26.7. The van der Waals surface area contributed by atoms with Gasteiger partial charge >= 0.3 is 0 Å². The summed E-state index contributed by atoms with van der Waals surface area (Å²) in [6.45, 7) is 2.39. The number of carbonyl (C=O) groups is 1. The van der Waals surface area contributed by atoms with E-state index >= 15 is 0 Å². The first-order valence-electron chi connectivity index (χ1n) is 13.7. The summed E-state index contributed by atoms with van der Waals surface area (Å²) in [6.07, 6.45) is 1.07. The Morgan fingerprint density at radius 2 is 1.48 bits per heavy atom. The van der Waals surface area contributed by atoms with Gasteiger partial charge in [0, 0.05) is 24.1 Å². The summed E-state index contributed by atoms with van der Waals surface area (Å²) in [5, 5.41) is 12.1. The summed E-state index contributed by atoms with van der Waals surface area (Å²) in [5.74, 6) is 1.85. The minimum atomic E-state index is -0.308. The molecule has 0 atom stereocenters. The Hall–Kier alpha value is -5.50. The summed E-state index contributed by atoms with van der Waals surface area (Å²) < 4.78 is 11.9. The van der Waals surface area contributed by atoms with Gasteiger partial charge in [0.2, 0.25) is 5.89 Å². The van der Waals surface area contributed by atoms with Gasteiger partial charge in [0.25, 0.3) is 5.91 Å². The molecule has 42 heavy (non-hydrogen) atoms. The predicted octanol–water partition coefficient (Wildman–Crippen LogP) is 6.70. The predicted molar refractivity (Wildman–Crippen MR) is 161 cm³/mol. The van der Waals surface area contributed by atoms with E-state index < -0.39 is 0 Å². The number of nitrogens with zero attached hydrogens (tertiary/aromatic N) is 4. The van der Waals surface area contributed by atoms with Crippen LogP contribution in [0.25, 0.3) is 17.1 Å². The van der Waals surface area contributed by atoms with Crippen LogP contribution in [0.2, 0.25) is 0 Å². The van der Waals surface area contributed by atoms with Gasteiger partial charge in [-0.15, -0.1) is 5.10 Å². The number of oxazole rings is 1. The van der Waals surface area contributed by atoms with E-state index in [-0.39, 0.29) is 11.6 Å². The molecule has 6 aromatic rings. The molecule has 4 aromatic carbocycles. The number of ether oxygens (including phenoxy) is 1. The van der Waals surface area contributed by atoms with Crippen LogP contribution in [-0.2, 0) is 12.8 Å². The molecule has 1 amide bonds. The number of amides is 1. The molecule has 8 nitrogen and oxygen atoms in total. The van der Waals surface area contributed by atoms with Crippen molar-refractivity contribution in [3.8, 4) is 22.9 Å². The summed E-state index contributed by atoms with van der Waals surface area (Å²) >= 11 is 0. The fraction of sp³-hybridized carbons (Fsp3) is 0.118. The average Bonchev–Trinajstić information content (AvgIpc) is 3.63. The molecule has 0 aliphatic carbocycles. The van der Waals surface area contributed by atoms with Crippen LogP contribution in [0.4, 0.5) is 5.69 Å². The smallest absolute Gasteiger partial charge is 0.278 e. The van der Waals surface area contributed by atoms with Crippen LogP contribution in [0.3, 0.4) is 0 Å². The molecule has 6 rings (SSSR count). The number of para-hydroxylation sites is 2. The van der Waals surface area contributed by atoms with Crippen LogP contribution in [0.1, 0.15) is 33.2 Å². The maximum atomic E-state index is 13.2. The van der Waals surface area contributed by atoms with Gasteiger partial charge in [-0.2, -0.15) is 9.90 Å². The van der Waals surface area contributed by atoms with Gasteiger partial charge in [-0.3, -0.25) is 4.79 Å². The Labute approximate surface area is 243 Å². The lowest BCUT2D eigenvalue weighted by molar-refractivity contribution is 0.102. The number of hydrogen-bond donors (Lipinski definition) is 1. The molecule has 0 fully saturated rings. The monoisotopic (exact) mass is 555 g/mol. The van der Waals surface area contributed by atoms with Crippen molar-refractivity contribution >= 4 is 11.6 Å². The summed E-state index contributed by atoms with van der Waals surface area (Å²) in [5.41, 5.74) is 5.15. The SMILES string of the molecule is Cc1oc(-c2ccccc2)nc1CCOc1ccc(Cc2nn(-c3ccccc3)nc2C(=O)Nc2ccccc2)cc1. The average molecular weight is 556 g/mol. The number of benzene rings is 4. The van der Waals surface area contributed by atoms with Crippen molar-refractivity contribution in [2.24, 2.45) is 0 Å². The normalized spacial score (nSPS) is 10.9. The van der Waals surface area contributed by atoms with E-state index in [0.29, 0.717) is 36.7 Å². The van der Waals surface area contributed by atoms with E-state index in [4.69, 9.17) is 9.15 Å². The van der Waals surface area contributed by atoms with Crippen LogP contribution in [0.15, 0.2) is 120 Å². The summed E-state index contributed by atoms with van der Waals surface area (Å²) in [6, 6.07) is 36.5. The molecule has 0 saturated carbocycles. The van der Waals surface area contributed by atoms with Crippen molar-refractivity contribution in [3.05, 3.63) is 144 Å². The molecule has 0 saturated heterocycles. The second-order valence-electron chi connectivity index (χ2n) is 9.75. The Morgan fingerprint density at radius 1 is 0.810 bits per heavy atom. The number of aromatic nitrogens is 4. The third kappa shape index (κ3) is 6.28. The first-order valence-corrected chi connectivity index (χ1v) is 13.7. The Morgan fingerprint density at radius 3 is 2.19 bits per heavy atom. The zero-order valence-corrected chi connectivity index (χ0v) is 23.1. The van der Waals surface area contributed by atoms with E-state index in [1.807, 2.05) is 122 Å². The molecule has 0 radical (unpaired) electrons. The fourth-order valence-corrected chi connectivity index (χ4v) is 4.55. The number of nitrogens with one attached hydrogen (secondary N) is 1. The molecular weight excluding hydrogens is 526 g/mol. The number of hydrogen-bond acceptors (Lipinski definition) is 6. The van der Waals surface area contributed by atoms with E-state index in [2.05, 4.69) is 20.5 Å². The van der Waals surface area contributed by atoms with Crippen LogP contribution in [-0.4, -0.2) is 32.5 Å². The number of aryl methyl sites for hydroxylation is 1. The molecule has 0 aliphatic rings. The number of carbonyl (C=O) groups excluding carboxylic acids is 1. The van der Waals surface area contributed by atoms with Crippen molar-refractivity contribution in [3.63, 3.8) is 0 Å². The highest BCUT2D eigenvalue weighted by molar-refractivity contribution is 6.03. The third-order valence-electron chi connectivity index (χ3n) is 6.73. The molecule has 0 aliphatic heterocycles. The number of anilines is 1. The van der Waals surface area contributed by atoms with Gasteiger partial charge in [0.05, 0.1) is 18.0 Å². The van der Waals surface area contributed by atoms with Gasteiger partial charge in [0.1, 0.15) is 17.2 Å². The first-order chi connectivity index (χ1) is 20.6. The maximum Gasteiger partial charge on any atom is 0.278 e. The Balaban J connectivity index is 1.13. The molecule has 1 N–H and O–H groups in total. The van der Waals surface area contributed by atoms with Crippen molar-refractivity contribution < 1.29 is 13.9 Å². The zero-order valence-electron chi connectivity index (χ0n) is 23.1. The lowest BCUT2D eigenvalue weighted by Crippen LogP contribution is -2.15. The summed E-state index contributed by atoms with van der Waals surface area (Å²) in [4.78, 5) is 19.4. The van der Waals surface area contributed by atoms with Crippen molar-refractivity contribution in [2.75, 3.05) is 11.9 Å². The largest absolute Gasteiger partial charge is 0.493 e. The van der Waals surface area contributed by atoms with Gasteiger partial charge < -0.3 is 14.5 Å². The third-order valence-corrected chi connectivity index (χ3v) is 6.73. The maximum absolute atomic E-state index is 13.2. The van der Waals surface area contributed by atoms with Gasteiger partial charge in [-0.1, -0.05) is 66.7 Å². The number of rotatable bonds is 10. The van der Waals surface area contributed by atoms with Crippen LogP contribution in [0.5, 0.6) is 5.75 Å². The highest BCUT2D eigenvalue weighted by Gasteiger charge is 2.20. The van der Waals surface area contributed by atoms with Crippen molar-refractivity contribution in [1.29, 1.82) is 0 Å². The lowest BCUT2D eigenvalue weighted by atomic mass is 10.1. The fourth-order valence-electron chi connectivity index (χ4n) is 4.55.